The van der Waals surface area contributed by atoms with Crippen LogP contribution in [-0.4, -0.2) is 18.8 Å². The van der Waals surface area contributed by atoms with E-state index >= 15 is 0 Å². The van der Waals surface area contributed by atoms with Gasteiger partial charge in [-0.25, -0.2) is 4.39 Å². The van der Waals surface area contributed by atoms with E-state index in [9.17, 15) is 9.50 Å². The molecule has 0 heterocycles. The average molecular weight is 226 g/mol. The van der Waals surface area contributed by atoms with Crippen LogP contribution in [0.1, 0.15) is 35.6 Å². The zero-order valence-electron chi connectivity index (χ0n) is 10.1. The number of aliphatic hydroxyl groups is 1. The first-order valence-corrected chi connectivity index (χ1v) is 5.50. The average Bonchev–Trinajstić information content (AvgIpc) is 2.16. The summed E-state index contributed by atoms with van der Waals surface area (Å²) >= 11 is 0. The van der Waals surface area contributed by atoms with Gasteiger partial charge in [-0.05, 0) is 43.9 Å². The van der Waals surface area contributed by atoms with Crippen molar-refractivity contribution in [3.05, 3.63) is 34.6 Å². The Morgan fingerprint density at radius 2 is 2.06 bits per heavy atom. The number of hydrogen-bond acceptors (Lipinski definition) is 2. The van der Waals surface area contributed by atoms with Gasteiger partial charge in [-0.2, -0.15) is 0 Å². The van der Waals surface area contributed by atoms with E-state index in [1.165, 1.54) is 6.07 Å². The Bertz CT molecular complexity index is 327. The van der Waals surface area contributed by atoms with E-state index in [2.05, 4.69) is 0 Å². The summed E-state index contributed by atoms with van der Waals surface area (Å²) in [6, 6.07) is 3.35. The van der Waals surface area contributed by atoms with E-state index in [1.54, 1.807) is 7.11 Å². The van der Waals surface area contributed by atoms with Crippen LogP contribution in [-0.2, 0) is 4.74 Å². The minimum absolute atomic E-state index is 0.317. The monoisotopic (exact) mass is 226 g/mol. The normalized spacial score (nSPS) is 12.8. The smallest absolute Gasteiger partial charge is 0.129 e. The molecule has 1 aromatic carbocycles. The van der Waals surface area contributed by atoms with Gasteiger partial charge in [-0.3, -0.25) is 0 Å². The van der Waals surface area contributed by atoms with Crippen LogP contribution in [0.2, 0.25) is 0 Å². The van der Waals surface area contributed by atoms with Gasteiger partial charge in [0.15, 0.2) is 0 Å². The van der Waals surface area contributed by atoms with Crippen molar-refractivity contribution < 1.29 is 14.2 Å². The Morgan fingerprint density at radius 1 is 1.38 bits per heavy atom. The molecule has 0 saturated carbocycles. The lowest BCUT2D eigenvalue weighted by Gasteiger charge is -2.15. The quantitative estimate of drug-likeness (QED) is 0.782. The van der Waals surface area contributed by atoms with Crippen LogP contribution in [0.3, 0.4) is 0 Å². The minimum atomic E-state index is -0.740. The van der Waals surface area contributed by atoms with E-state index in [1.807, 2.05) is 19.9 Å². The Kier molecular flexibility index (Phi) is 4.90. The molecule has 0 saturated heterocycles. The summed E-state index contributed by atoms with van der Waals surface area (Å²) in [4.78, 5) is 0. The molecule has 16 heavy (non-hydrogen) atoms. The molecular weight excluding hydrogens is 207 g/mol. The Balaban J connectivity index is 2.78. The van der Waals surface area contributed by atoms with Crippen LogP contribution < -0.4 is 0 Å². The highest BCUT2D eigenvalue weighted by Crippen LogP contribution is 2.25. The van der Waals surface area contributed by atoms with Crippen molar-refractivity contribution in [2.24, 2.45) is 0 Å². The minimum Gasteiger partial charge on any atom is -0.388 e. The maximum absolute atomic E-state index is 13.7. The van der Waals surface area contributed by atoms with E-state index in [4.69, 9.17) is 4.74 Å². The number of ether oxygens (including phenoxy) is 1. The number of aliphatic hydroxyl groups excluding tert-OH is 1. The van der Waals surface area contributed by atoms with Gasteiger partial charge in [0.1, 0.15) is 5.82 Å². The summed E-state index contributed by atoms with van der Waals surface area (Å²) in [5.74, 6) is -0.317. The van der Waals surface area contributed by atoms with Crippen LogP contribution in [0, 0.1) is 19.7 Å². The van der Waals surface area contributed by atoms with Crippen molar-refractivity contribution >= 4 is 0 Å². The molecule has 0 aliphatic carbocycles. The van der Waals surface area contributed by atoms with E-state index < -0.39 is 6.10 Å². The topological polar surface area (TPSA) is 29.5 Å². The van der Waals surface area contributed by atoms with E-state index in [0.717, 1.165) is 17.5 Å². The number of hydrogen-bond donors (Lipinski definition) is 1. The molecule has 0 aliphatic heterocycles. The Hall–Kier alpha value is -0.930. The molecule has 0 spiro atoms. The fraction of sp³-hybridized carbons (Fsp3) is 0.538. The third-order valence-corrected chi connectivity index (χ3v) is 2.64. The van der Waals surface area contributed by atoms with Crippen molar-refractivity contribution in [1.29, 1.82) is 0 Å². The number of halogens is 1. The van der Waals surface area contributed by atoms with Crippen molar-refractivity contribution in [1.82, 2.24) is 0 Å². The summed E-state index contributed by atoms with van der Waals surface area (Å²) in [7, 11) is 1.62. The predicted molar refractivity (Wildman–Crippen MR) is 61.9 cm³/mol. The molecule has 1 N–H and O–H groups in total. The molecule has 1 aromatic rings. The largest absolute Gasteiger partial charge is 0.388 e. The number of methoxy groups -OCH3 is 1. The van der Waals surface area contributed by atoms with Gasteiger partial charge < -0.3 is 9.84 Å². The maximum Gasteiger partial charge on any atom is 0.129 e. The maximum atomic E-state index is 13.7. The lowest BCUT2D eigenvalue weighted by atomic mass is 9.97. The molecular formula is C13H19FO2. The van der Waals surface area contributed by atoms with Crippen LogP contribution in [0.4, 0.5) is 4.39 Å². The van der Waals surface area contributed by atoms with Crippen molar-refractivity contribution in [3.63, 3.8) is 0 Å². The highest BCUT2D eigenvalue weighted by atomic mass is 19.1. The second kappa shape index (κ2) is 5.97. The first-order valence-electron chi connectivity index (χ1n) is 5.50. The lowest BCUT2D eigenvalue weighted by Crippen LogP contribution is -2.05. The second-order valence-electron chi connectivity index (χ2n) is 4.13. The summed E-state index contributed by atoms with van der Waals surface area (Å²) in [6.45, 7) is 4.26. The second-order valence-corrected chi connectivity index (χ2v) is 4.13. The fourth-order valence-corrected chi connectivity index (χ4v) is 1.91. The molecule has 3 heteroatoms. The third kappa shape index (κ3) is 3.29. The molecule has 0 fully saturated rings. The third-order valence-electron chi connectivity index (χ3n) is 2.64. The summed E-state index contributed by atoms with van der Waals surface area (Å²) in [5.41, 5.74) is 2.10. The number of aryl methyl sites for hydroxylation is 2. The van der Waals surface area contributed by atoms with Gasteiger partial charge >= 0.3 is 0 Å². The SMILES string of the molecule is COCCCC(O)c1c(C)cc(C)cc1F. The van der Waals surface area contributed by atoms with Crippen molar-refractivity contribution in [3.8, 4) is 0 Å². The van der Waals surface area contributed by atoms with Crippen LogP contribution >= 0.6 is 0 Å². The Morgan fingerprint density at radius 3 is 2.62 bits per heavy atom. The molecule has 0 radical (unpaired) electrons. The van der Waals surface area contributed by atoms with E-state index in [-0.39, 0.29) is 5.82 Å². The summed E-state index contributed by atoms with van der Waals surface area (Å²) < 4.78 is 18.6. The lowest BCUT2D eigenvalue weighted by molar-refractivity contribution is 0.133. The van der Waals surface area contributed by atoms with Gasteiger partial charge in [0, 0.05) is 19.3 Å². The summed E-state index contributed by atoms with van der Waals surface area (Å²) in [5, 5.41) is 9.90. The molecule has 0 bridgehead atoms. The number of rotatable bonds is 5. The number of benzene rings is 1. The van der Waals surface area contributed by atoms with Crippen LogP contribution in [0.5, 0.6) is 0 Å². The zero-order valence-corrected chi connectivity index (χ0v) is 10.1. The molecule has 1 unspecified atom stereocenters. The first-order chi connectivity index (χ1) is 7.56. The molecule has 1 atom stereocenters. The molecule has 1 rings (SSSR count). The van der Waals surface area contributed by atoms with Crippen LogP contribution in [0.25, 0.3) is 0 Å². The first kappa shape index (κ1) is 13.1. The summed E-state index contributed by atoms with van der Waals surface area (Å²) in [6.07, 6.45) is 0.509. The van der Waals surface area contributed by atoms with Gasteiger partial charge in [0.25, 0.3) is 0 Å². The van der Waals surface area contributed by atoms with Crippen molar-refractivity contribution in [2.45, 2.75) is 32.8 Å². The van der Waals surface area contributed by atoms with Gasteiger partial charge in [0.05, 0.1) is 6.10 Å². The van der Waals surface area contributed by atoms with Crippen molar-refractivity contribution in [2.75, 3.05) is 13.7 Å². The van der Waals surface area contributed by atoms with Crippen LogP contribution in [0.15, 0.2) is 12.1 Å². The molecule has 2 nitrogen and oxygen atoms in total. The fourth-order valence-electron chi connectivity index (χ4n) is 1.91. The Labute approximate surface area is 96.1 Å². The standard InChI is InChI=1S/C13H19FO2/c1-9-7-10(2)13(11(14)8-9)12(15)5-4-6-16-3/h7-8,12,15H,4-6H2,1-3H3. The van der Waals surface area contributed by atoms with Gasteiger partial charge in [-0.15, -0.1) is 0 Å². The highest BCUT2D eigenvalue weighted by Gasteiger charge is 2.15. The highest BCUT2D eigenvalue weighted by molar-refractivity contribution is 5.33. The molecule has 0 amide bonds. The molecule has 0 aliphatic rings. The predicted octanol–water partition coefficient (Wildman–Crippen LogP) is 2.90. The molecule has 0 aromatic heterocycles. The van der Waals surface area contributed by atoms with Gasteiger partial charge in [0.2, 0.25) is 0 Å². The van der Waals surface area contributed by atoms with Gasteiger partial charge in [-0.1, -0.05) is 6.07 Å². The zero-order chi connectivity index (χ0) is 12.1. The molecule has 90 valence electrons. The van der Waals surface area contributed by atoms with E-state index in [0.29, 0.717) is 18.6 Å².